The third-order valence-corrected chi connectivity index (χ3v) is 3.84. The molecule has 0 saturated heterocycles. The lowest BCUT2D eigenvalue weighted by Crippen LogP contribution is -2.58. The highest BCUT2D eigenvalue weighted by atomic mass is 16.1. The number of rotatable bonds is 8. The summed E-state index contributed by atoms with van der Waals surface area (Å²) in [4.78, 5) is 14.0. The SMILES string of the molecule is CCC(C)N(C)C(C)CC(C)(NC(C)C)C(N)=O. The molecule has 0 aromatic heterocycles. The number of hydrogen-bond donors (Lipinski definition) is 2. The van der Waals surface area contributed by atoms with Gasteiger partial charge in [0.25, 0.3) is 0 Å². The van der Waals surface area contributed by atoms with Crippen LogP contribution >= 0.6 is 0 Å². The summed E-state index contributed by atoms with van der Waals surface area (Å²) in [5.74, 6) is -0.277. The van der Waals surface area contributed by atoms with Gasteiger partial charge in [0.1, 0.15) is 0 Å². The number of carbonyl (C=O) groups is 1. The normalized spacial score (nSPS) is 18.7. The van der Waals surface area contributed by atoms with Gasteiger partial charge in [-0.3, -0.25) is 4.79 Å². The molecule has 0 aliphatic heterocycles. The largest absolute Gasteiger partial charge is 0.368 e. The van der Waals surface area contributed by atoms with E-state index in [1.165, 1.54) is 0 Å². The highest BCUT2D eigenvalue weighted by molar-refractivity contribution is 5.84. The molecule has 0 rings (SSSR count). The van der Waals surface area contributed by atoms with Crippen LogP contribution in [0.3, 0.4) is 0 Å². The van der Waals surface area contributed by atoms with Crippen molar-refractivity contribution in [3.05, 3.63) is 0 Å². The minimum absolute atomic E-state index is 0.239. The Balaban J connectivity index is 4.73. The summed E-state index contributed by atoms with van der Waals surface area (Å²) >= 11 is 0. The van der Waals surface area contributed by atoms with E-state index in [0.29, 0.717) is 12.1 Å². The van der Waals surface area contributed by atoms with Gasteiger partial charge in [-0.2, -0.15) is 0 Å². The van der Waals surface area contributed by atoms with Gasteiger partial charge in [-0.25, -0.2) is 0 Å². The van der Waals surface area contributed by atoms with Crippen LogP contribution in [0.4, 0.5) is 0 Å². The first kappa shape index (κ1) is 17.4. The van der Waals surface area contributed by atoms with E-state index >= 15 is 0 Å². The van der Waals surface area contributed by atoms with Gasteiger partial charge < -0.3 is 16.0 Å². The molecule has 0 radical (unpaired) electrons. The molecule has 3 N–H and O–H groups in total. The van der Waals surface area contributed by atoms with Gasteiger partial charge in [-0.1, -0.05) is 6.92 Å². The molecular formula is C14H31N3O. The first-order valence-corrected chi connectivity index (χ1v) is 6.93. The molecule has 3 atom stereocenters. The second-order valence-electron chi connectivity index (χ2n) is 5.97. The van der Waals surface area contributed by atoms with E-state index in [1.54, 1.807) is 0 Å². The van der Waals surface area contributed by atoms with Gasteiger partial charge >= 0.3 is 0 Å². The molecular weight excluding hydrogens is 226 g/mol. The van der Waals surface area contributed by atoms with Crippen molar-refractivity contribution >= 4 is 5.91 Å². The molecule has 108 valence electrons. The molecule has 0 spiro atoms. The smallest absolute Gasteiger partial charge is 0.237 e. The molecule has 4 nitrogen and oxygen atoms in total. The molecule has 3 unspecified atom stereocenters. The van der Waals surface area contributed by atoms with Crippen LogP contribution in [0, 0.1) is 0 Å². The van der Waals surface area contributed by atoms with Crippen molar-refractivity contribution in [1.29, 1.82) is 0 Å². The summed E-state index contributed by atoms with van der Waals surface area (Å²) in [6.45, 7) is 12.5. The fraction of sp³-hybridized carbons (Fsp3) is 0.929. The summed E-state index contributed by atoms with van der Waals surface area (Å²) in [5.41, 5.74) is 4.91. The highest BCUT2D eigenvalue weighted by Crippen LogP contribution is 2.18. The van der Waals surface area contributed by atoms with Gasteiger partial charge in [-0.15, -0.1) is 0 Å². The Morgan fingerprint density at radius 3 is 2.11 bits per heavy atom. The summed E-state index contributed by atoms with van der Waals surface area (Å²) in [6, 6.07) is 1.06. The van der Waals surface area contributed by atoms with E-state index in [-0.39, 0.29) is 11.9 Å². The van der Waals surface area contributed by atoms with E-state index in [2.05, 4.69) is 38.0 Å². The molecule has 0 aromatic carbocycles. The Labute approximate surface area is 112 Å². The number of hydrogen-bond acceptors (Lipinski definition) is 3. The second-order valence-corrected chi connectivity index (χ2v) is 5.97. The number of amides is 1. The molecule has 0 saturated carbocycles. The van der Waals surface area contributed by atoms with Gasteiger partial charge in [-0.05, 0) is 54.5 Å². The zero-order valence-corrected chi connectivity index (χ0v) is 13.1. The summed E-state index contributed by atoms with van der Waals surface area (Å²) in [6.07, 6.45) is 1.83. The van der Waals surface area contributed by atoms with E-state index in [4.69, 9.17) is 5.73 Å². The monoisotopic (exact) mass is 257 g/mol. The topological polar surface area (TPSA) is 58.4 Å². The zero-order chi connectivity index (χ0) is 14.5. The first-order valence-electron chi connectivity index (χ1n) is 6.93. The van der Waals surface area contributed by atoms with Crippen molar-refractivity contribution in [2.24, 2.45) is 5.73 Å². The zero-order valence-electron chi connectivity index (χ0n) is 13.1. The molecule has 0 heterocycles. The molecule has 0 aliphatic rings. The number of carbonyl (C=O) groups excluding carboxylic acids is 1. The Bertz CT molecular complexity index is 268. The Kier molecular flexibility index (Phi) is 6.86. The lowest BCUT2D eigenvalue weighted by molar-refractivity contribution is -0.125. The summed E-state index contributed by atoms with van der Waals surface area (Å²) in [7, 11) is 2.11. The third kappa shape index (κ3) is 4.94. The maximum absolute atomic E-state index is 11.7. The van der Waals surface area contributed by atoms with Crippen LogP contribution in [0.1, 0.15) is 54.4 Å². The van der Waals surface area contributed by atoms with Crippen LogP contribution in [0.15, 0.2) is 0 Å². The van der Waals surface area contributed by atoms with Crippen LogP contribution in [-0.4, -0.2) is 41.5 Å². The van der Waals surface area contributed by atoms with E-state index in [1.807, 2.05) is 20.8 Å². The highest BCUT2D eigenvalue weighted by Gasteiger charge is 2.34. The molecule has 0 bridgehead atoms. The Hall–Kier alpha value is -0.610. The Morgan fingerprint density at radius 2 is 1.78 bits per heavy atom. The maximum Gasteiger partial charge on any atom is 0.237 e. The molecule has 4 heteroatoms. The minimum Gasteiger partial charge on any atom is -0.368 e. The summed E-state index contributed by atoms with van der Waals surface area (Å²) in [5, 5.41) is 3.30. The van der Waals surface area contributed by atoms with Crippen molar-refractivity contribution in [3.8, 4) is 0 Å². The predicted molar refractivity (Wildman–Crippen MR) is 77.5 cm³/mol. The average Bonchev–Trinajstić information content (AvgIpc) is 2.25. The van der Waals surface area contributed by atoms with Crippen LogP contribution < -0.4 is 11.1 Å². The van der Waals surface area contributed by atoms with Crippen LogP contribution in [0.5, 0.6) is 0 Å². The molecule has 0 fully saturated rings. The third-order valence-electron chi connectivity index (χ3n) is 3.84. The van der Waals surface area contributed by atoms with E-state index in [9.17, 15) is 4.79 Å². The number of primary amides is 1. The average molecular weight is 257 g/mol. The lowest BCUT2D eigenvalue weighted by Gasteiger charge is -2.37. The standard InChI is InChI=1S/C14H31N3O/c1-8-11(4)17(7)12(5)9-14(6,13(15)18)16-10(2)3/h10-12,16H,8-9H2,1-7H3,(H2,15,18). The van der Waals surface area contributed by atoms with Gasteiger partial charge in [0.05, 0.1) is 5.54 Å². The number of nitrogens with zero attached hydrogens (tertiary/aromatic N) is 1. The molecule has 0 aromatic rings. The second kappa shape index (κ2) is 7.10. The lowest BCUT2D eigenvalue weighted by atomic mass is 9.91. The van der Waals surface area contributed by atoms with Crippen molar-refractivity contribution in [2.75, 3.05) is 7.05 Å². The van der Waals surface area contributed by atoms with Crippen molar-refractivity contribution in [1.82, 2.24) is 10.2 Å². The van der Waals surface area contributed by atoms with Crippen LogP contribution in [-0.2, 0) is 4.79 Å². The number of nitrogens with one attached hydrogen (secondary N) is 1. The fourth-order valence-corrected chi connectivity index (χ4v) is 2.33. The Morgan fingerprint density at radius 1 is 1.28 bits per heavy atom. The van der Waals surface area contributed by atoms with E-state index in [0.717, 1.165) is 12.8 Å². The van der Waals surface area contributed by atoms with E-state index < -0.39 is 5.54 Å². The minimum atomic E-state index is -0.644. The first-order chi connectivity index (χ1) is 8.14. The van der Waals surface area contributed by atoms with Gasteiger partial charge in [0.2, 0.25) is 5.91 Å². The van der Waals surface area contributed by atoms with Crippen molar-refractivity contribution in [3.63, 3.8) is 0 Å². The molecule has 1 amide bonds. The predicted octanol–water partition coefficient (Wildman–Crippen LogP) is 1.74. The van der Waals surface area contributed by atoms with Gasteiger partial charge in [0.15, 0.2) is 0 Å². The fourth-order valence-electron chi connectivity index (χ4n) is 2.33. The maximum atomic E-state index is 11.7. The summed E-state index contributed by atoms with van der Waals surface area (Å²) < 4.78 is 0. The van der Waals surface area contributed by atoms with Gasteiger partial charge in [0, 0.05) is 18.1 Å². The number of nitrogens with two attached hydrogens (primary N) is 1. The quantitative estimate of drug-likeness (QED) is 0.696. The molecule has 18 heavy (non-hydrogen) atoms. The molecule has 0 aliphatic carbocycles. The van der Waals surface area contributed by atoms with Crippen LogP contribution in [0.25, 0.3) is 0 Å². The van der Waals surface area contributed by atoms with Crippen molar-refractivity contribution in [2.45, 2.75) is 78.0 Å². The van der Waals surface area contributed by atoms with Crippen LogP contribution in [0.2, 0.25) is 0 Å². The van der Waals surface area contributed by atoms with Crippen molar-refractivity contribution < 1.29 is 4.79 Å².